The number of imidazole rings is 1. The Morgan fingerprint density at radius 1 is 1.32 bits per heavy atom. The number of carbonyl (C=O) groups is 1. The highest BCUT2D eigenvalue weighted by Crippen LogP contribution is 2.51. The second-order valence-electron chi connectivity index (χ2n) is 8.81. The number of aliphatic hydroxyl groups is 1. The molecule has 176 valence electrons. The number of nitrogens with two attached hydrogens (primary N) is 1. The van der Waals surface area contributed by atoms with E-state index in [4.69, 9.17) is 15.0 Å². The van der Waals surface area contributed by atoms with E-state index in [0.29, 0.717) is 35.0 Å². The summed E-state index contributed by atoms with van der Waals surface area (Å²) in [5.74, 6) is 9.04. The van der Waals surface area contributed by atoms with Gasteiger partial charge in [0.15, 0.2) is 5.76 Å². The predicted molar refractivity (Wildman–Crippen MR) is 123 cm³/mol. The number of nitrogens with zero attached hydrogens (tertiary/aromatic N) is 4. The number of carbonyl (C=O) groups excluding carboxylic acids is 1. The number of likely N-dealkylation sites (tertiary alicyclic amines) is 1. The lowest BCUT2D eigenvalue weighted by Crippen LogP contribution is -2.31. The van der Waals surface area contributed by atoms with Crippen LogP contribution >= 0.6 is 0 Å². The van der Waals surface area contributed by atoms with Gasteiger partial charge >= 0.3 is 6.09 Å². The van der Waals surface area contributed by atoms with Gasteiger partial charge in [-0.1, -0.05) is 17.0 Å². The van der Waals surface area contributed by atoms with Crippen LogP contribution in [0, 0.1) is 29.6 Å². The van der Waals surface area contributed by atoms with Crippen molar-refractivity contribution in [1.29, 1.82) is 0 Å². The molecule has 9 nitrogen and oxygen atoms in total. The second kappa shape index (κ2) is 8.97. The number of rotatable bonds is 5. The second-order valence-corrected chi connectivity index (χ2v) is 8.81. The smallest absolute Gasteiger partial charge is 0.409 e. The van der Waals surface area contributed by atoms with E-state index in [2.05, 4.69) is 22.0 Å². The molecule has 2 aromatic heterocycles. The number of aliphatic hydroxyl groups excluding tert-OH is 1. The van der Waals surface area contributed by atoms with Crippen molar-refractivity contribution >= 4 is 6.09 Å². The fourth-order valence-electron chi connectivity index (χ4n) is 4.77. The largest absolute Gasteiger partial charge is 0.453 e. The first-order chi connectivity index (χ1) is 16.5. The van der Waals surface area contributed by atoms with Crippen molar-refractivity contribution in [2.75, 3.05) is 26.7 Å². The zero-order valence-corrected chi connectivity index (χ0v) is 19.1. The van der Waals surface area contributed by atoms with E-state index in [1.165, 1.54) is 7.11 Å². The monoisotopic (exact) mass is 461 g/mol. The zero-order valence-electron chi connectivity index (χ0n) is 19.1. The molecule has 1 saturated carbocycles. The molecule has 1 aromatic carbocycles. The van der Waals surface area contributed by atoms with Gasteiger partial charge in [0.05, 0.1) is 13.2 Å². The Balaban J connectivity index is 1.25. The fourth-order valence-corrected chi connectivity index (χ4v) is 4.77. The molecule has 1 amide bonds. The summed E-state index contributed by atoms with van der Waals surface area (Å²) in [6.45, 7) is 3.41. The minimum atomic E-state index is -0.717. The molecule has 5 atom stereocenters. The summed E-state index contributed by atoms with van der Waals surface area (Å²) in [7, 11) is 1.41. The number of ether oxygens (including phenoxy) is 1. The van der Waals surface area contributed by atoms with Crippen LogP contribution in [-0.2, 0) is 4.74 Å². The molecule has 0 radical (unpaired) electrons. The topological polar surface area (TPSA) is 120 Å². The van der Waals surface area contributed by atoms with Gasteiger partial charge in [-0.3, -0.25) is 0 Å². The van der Waals surface area contributed by atoms with Crippen molar-refractivity contribution in [3.05, 3.63) is 59.8 Å². The molecule has 9 heteroatoms. The standard InChI is InChI=1S/C25H27N5O4/c1-15(31)24-27-9-10-30(24)22(12-26)21-11-23(34-28-21)17-6-3-16(4-7-17)5-8-18-19-13-29(14-20(18)19)25(32)33-2/h3-4,6-7,9-11,15,18-20,22,31H,12-14,26H2,1-2H3/t15-,18?,19-,20+,22+/m0/s1. The number of piperidine rings is 1. The first-order valence-electron chi connectivity index (χ1n) is 11.3. The molecule has 1 aliphatic heterocycles. The lowest BCUT2D eigenvalue weighted by atomic mass is 10.1. The van der Waals surface area contributed by atoms with Crippen molar-refractivity contribution in [1.82, 2.24) is 19.6 Å². The van der Waals surface area contributed by atoms with Gasteiger partial charge in [0.1, 0.15) is 17.6 Å². The summed E-state index contributed by atoms with van der Waals surface area (Å²) < 4.78 is 12.2. The predicted octanol–water partition coefficient (Wildman–Crippen LogP) is 2.44. The molecule has 34 heavy (non-hydrogen) atoms. The van der Waals surface area contributed by atoms with E-state index < -0.39 is 6.10 Å². The number of amides is 1. The van der Waals surface area contributed by atoms with Crippen molar-refractivity contribution < 1.29 is 19.2 Å². The third-order valence-electron chi connectivity index (χ3n) is 6.68. The summed E-state index contributed by atoms with van der Waals surface area (Å²) in [6.07, 6.45) is 2.44. The maximum atomic E-state index is 11.6. The third kappa shape index (κ3) is 4.06. The van der Waals surface area contributed by atoms with Gasteiger partial charge < -0.3 is 29.6 Å². The Labute approximate surface area is 197 Å². The van der Waals surface area contributed by atoms with E-state index in [0.717, 1.165) is 24.2 Å². The van der Waals surface area contributed by atoms with Crippen LogP contribution in [0.3, 0.4) is 0 Å². The lowest BCUT2D eigenvalue weighted by Gasteiger charge is -2.17. The van der Waals surface area contributed by atoms with E-state index >= 15 is 0 Å². The molecule has 1 unspecified atom stereocenters. The van der Waals surface area contributed by atoms with Gasteiger partial charge in [-0.2, -0.15) is 0 Å². The van der Waals surface area contributed by atoms with Gasteiger partial charge in [0.25, 0.3) is 0 Å². The van der Waals surface area contributed by atoms with Crippen LogP contribution in [0.2, 0.25) is 0 Å². The molecule has 2 fully saturated rings. The molecule has 3 aromatic rings. The summed E-state index contributed by atoms with van der Waals surface area (Å²) in [5, 5.41) is 14.2. The molecule has 2 aliphatic rings. The van der Waals surface area contributed by atoms with E-state index in [1.807, 2.05) is 34.9 Å². The molecular weight excluding hydrogens is 434 g/mol. The number of hydrogen-bond acceptors (Lipinski definition) is 7. The first kappa shape index (κ1) is 22.2. The number of benzene rings is 1. The summed E-state index contributed by atoms with van der Waals surface area (Å²) in [4.78, 5) is 17.6. The maximum Gasteiger partial charge on any atom is 0.409 e. The fraction of sp³-hybridized carbons (Fsp3) is 0.400. The van der Waals surface area contributed by atoms with Crippen LogP contribution in [-0.4, -0.2) is 57.6 Å². The van der Waals surface area contributed by atoms with Crippen molar-refractivity contribution in [3.8, 4) is 23.2 Å². The molecule has 1 saturated heterocycles. The Kier molecular flexibility index (Phi) is 5.86. The van der Waals surface area contributed by atoms with Gasteiger partial charge in [-0.05, 0) is 43.0 Å². The highest BCUT2D eigenvalue weighted by atomic mass is 16.5. The SMILES string of the molecule is COC(=O)N1C[C@@H]2C(C#Cc3ccc(-c4cc([C@@H](CN)n5ccnc5[C@H](C)O)no4)cc3)[C@@H]2C1. The Morgan fingerprint density at radius 2 is 2.06 bits per heavy atom. The third-order valence-corrected chi connectivity index (χ3v) is 6.68. The van der Waals surface area contributed by atoms with Crippen LogP contribution < -0.4 is 5.73 Å². The molecule has 3 heterocycles. The van der Waals surface area contributed by atoms with Crippen LogP contribution in [0.15, 0.2) is 47.2 Å². The van der Waals surface area contributed by atoms with Gasteiger partial charge in [-0.25, -0.2) is 9.78 Å². The van der Waals surface area contributed by atoms with Gasteiger partial charge in [0.2, 0.25) is 0 Å². The van der Waals surface area contributed by atoms with Crippen molar-refractivity contribution in [3.63, 3.8) is 0 Å². The first-order valence-corrected chi connectivity index (χ1v) is 11.3. The molecule has 0 spiro atoms. The summed E-state index contributed by atoms with van der Waals surface area (Å²) in [5.41, 5.74) is 8.49. The quantitative estimate of drug-likeness (QED) is 0.560. The normalized spacial score (nSPS) is 22.5. The molecule has 5 rings (SSSR count). The summed E-state index contributed by atoms with van der Waals surface area (Å²) in [6, 6.07) is 9.41. The highest BCUT2D eigenvalue weighted by Gasteiger charge is 2.56. The van der Waals surface area contributed by atoms with Crippen LogP contribution in [0.4, 0.5) is 4.79 Å². The molecule has 3 N–H and O–H groups in total. The van der Waals surface area contributed by atoms with E-state index in [1.54, 1.807) is 24.2 Å². The molecular formula is C25H27N5O4. The van der Waals surface area contributed by atoms with Crippen molar-refractivity contribution in [2.24, 2.45) is 23.5 Å². The average molecular weight is 462 g/mol. The minimum Gasteiger partial charge on any atom is -0.453 e. The van der Waals surface area contributed by atoms with Gasteiger partial charge in [0, 0.05) is 55.1 Å². The Morgan fingerprint density at radius 3 is 2.71 bits per heavy atom. The number of aromatic nitrogens is 3. The number of methoxy groups -OCH3 is 1. The lowest BCUT2D eigenvalue weighted by molar-refractivity contribution is 0.127. The Bertz CT molecular complexity index is 1220. The summed E-state index contributed by atoms with van der Waals surface area (Å²) >= 11 is 0. The minimum absolute atomic E-state index is 0.253. The van der Waals surface area contributed by atoms with Crippen LogP contribution in [0.25, 0.3) is 11.3 Å². The number of fused-ring (bicyclic) bond motifs is 1. The van der Waals surface area contributed by atoms with Crippen LogP contribution in [0.5, 0.6) is 0 Å². The molecule has 0 bridgehead atoms. The highest BCUT2D eigenvalue weighted by molar-refractivity contribution is 5.68. The van der Waals surface area contributed by atoms with E-state index in [9.17, 15) is 9.90 Å². The molecule has 1 aliphatic carbocycles. The Hall–Kier alpha value is -3.61. The number of hydrogen-bond donors (Lipinski definition) is 2. The van der Waals surface area contributed by atoms with Gasteiger partial charge in [-0.15, -0.1) is 0 Å². The average Bonchev–Trinajstić information content (AvgIpc) is 3.37. The van der Waals surface area contributed by atoms with E-state index in [-0.39, 0.29) is 18.7 Å². The van der Waals surface area contributed by atoms with Crippen LogP contribution in [0.1, 0.15) is 36.2 Å². The maximum absolute atomic E-state index is 11.6. The van der Waals surface area contributed by atoms with Crippen molar-refractivity contribution in [2.45, 2.75) is 19.1 Å². The zero-order chi connectivity index (χ0) is 23.8.